The van der Waals surface area contributed by atoms with Crippen molar-refractivity contribution < 1.29 is 13.2 Å². The molecule has 0 saturated carbocycles. The highest BCUT2D eigenvalue weighted by molar-refractivity contribution is 7.99. The van der Waals surface area contributed by atoms with E-state index in [1.54, 1.807) is 6.07 Å². The number of halogens is 3. The average molecular weight is 316 g/mol. The third kappa shape index (κ3) is 3.48. The Bertz CT molecular complexity index is 478. The van der Waals surface area contributed by atoms with Crippen LogP contribution in [-0.2, 0) is 6.18 Å². The van der Waals surface area contributed by atoms with Crippen LogP contribution in [0.1, 0.15) is 12.0 Å². The standard InChI is InChI=1S/C15H19F3N2S/c16-15(17,18)12-2-1-3-13(10-12)19-5-7-20(8-6-19)14-4-9-21-11-14/h1-3,10,14H,4-9,11H2/t14-/m0/s1. The predicted octanol–water partition coefficient (Wildman–Crippen LogP) is 3.33. The lowest BCUT2D eigenvalue weighted by molar-refractivity contribution is -0.137. The first-order chi connectivity index (χ1) is 10.0. The summed E-state index contributed by atoms with van der Waals surface area (Å²) in [6, 6.07) is 6.34. The van der Waals surface area contributed by atoms with Crippen molar-refractivity contribution in [2.45, 2.75) is 18.6 Å². The molecule has 6 heteroatoms. The molecule has 0 amide bonds. The Kier molecular flexibility index (Phi) is 4.36. The summed E-state index contributed by atoms with van der Waals surface area (Å²) in [5, 5.41) is 0. The first-order valence-corrected chi connectivity index (χ1v) is 8.43. The van der Waals surface area contributed by atoms with Gasteiger partial charge in [-0.05, 0) is 30.4 Å². The highest BCUT2D eigenvalue weighted by Gasteiger charge is 2.31. The molecule has 0 radical (unpaired) electrons. The van der Waals surface area contributed by atoms with Crippen molar-refractivity contribution in [3.8, 4) is 0 Å². The minimum absolute atomic E-state index is 0.561. The van der Waals surface area contributed by atoms with Gasteiger partial charge < -0.3 is 4.90 Å². The van der Waals surface area contributed by atoms with Gasteiger partial charge in [0.15, 0.2) is 0 Å². The van der Waals surface area contributed by atoms with Gasteiger partial charge in [0.25, 0.3) is 0 Å². The Labute approximate surface area is 127 Å². The fourth-order valence-electron chi connectivity index (χ4n) is 3.03. The fraction of sp³-hybridized carbons (Fsp3) is 0.600. The fourth-order valence-corrected chi connectivity index (χ4v) is 4.29. The van der Waals surface area contributed by atoms with Crippen molar-refractivity contribution in [2.24, 2.45) is 0 Å². The van der Waals surface area contributed by atoms with E-state index in [9.17, 15) is 13.2 Å². The largest absolute Gasteiger partial charge is 0.416 e. The number of anilines is 1. The molecule has 1 aromatic carbocycles. The topological polar surface area (TPSA) is 6.48 Å². The van der Waals surface area contributed by atoms with Gasteiger partial charge in [-0.2, -0.15) is 24.9 Å². The van der Waals surface area contributed by atoms with Crippen LogP contribution in [0.4, 0.5) is 18.9 Å². The number of benzene rings is 1. The van der Waals surface area contributed by atoms with Crippen LogP contribution in [0.25, 0.3) is 0 Å². The Balaban J connectivity index is 1.64. The zero-order valence-corrected chi connectivity index (χ0v) is 12.6. The van der Waals surface area contributed by atoms with Crippen molar-refractivity contribution in [2.75, 3.05) is 42.6 Å². The van der Waals surface area contributed by atoms with Crippen LogP contribution in [0.15, 0.2) is 24.3 Å². The molecule has 1 atom stereocenters. The summed E-state index contributed by atoms with van der Waals surface area (Å²) in [6.45, 7) is 3.51. The summed E-state index contributed by atoms with van der Waals surface area (Å²) in [4.78, 5) is 4.55. The van der Waals surface area contributed by atoms with Crippen molar-refractivity contribution in [3.63, 3.8) is 0 Å². The van der Waals surface area contributed by atoms with E-state index in [1.165, 1.54) is 30.1 Å². The van der Waals surface area contributed by atoms with Crippen molar-refractivity contribution in [3.05, 3.63) is 29.8 Å². The molecule has 3 rings (SSSR count). The zero-order chi connectivity index (χ0) is 14.9. The number of nitrogens with zero attached hydrogens (tertiary/aromatic N) is 2. The van der Waals surface area contributed by atoms with Gasteiger partial charge in [0.2, 0.25) is 0 Å². The van der Waals surface area contributed by atoms with Crippen LogP contribution in [0.5, 0.6) is 0 Å². The third-order valence-corrected chi connectivity index (χ3v) is 5.42. The molecule has 2 heterocycles. The molecule has 2 aliphatic heterocycles. The Morgan fingerprint density at radius 1 is 1.10 bits per heavy atom. The molecular weight excluding hydrogens is 297 g/mol. The van der Waals surface area contributed by atoms with Gasteiger partial charge in [-0.1, -0.05) is 6.07 Å². The second-order valence-electron chi connectivity index (χ2n) is 5.59. The molecule has 1 aromatic rings. The average Bonchev–Trinajstić information content (AvgIpc) is 3.01. The van der Waals surface area contributed by atoms with Crippen LogP contribution < -0.4 is 4.90 Å². The van der Waals surface area contributed by atoms with Gasteiger partial charge in [-0.3, -0.25) is 4.90 Å². The summed E-state index contributed by atoms with van der Waals surface area (Å²) >= 11 is 2.00. The smallest absolute Gasteiger partial charge is 0.369 e. The van der Waals surface area contributed by atoms with E-state index in [-0.39, 0.29) is 0 Å². The Hall–Kier alpha value is -0.880. The number of rotatable bonds is 2. The molecule has 0 N–H and O–H groups in total. The maximum atomic E-state index is 12.8. The van der Waals surface area contributed by atoms with Crippen LogP contribution in [0.3, 0.4) is 0 Å². The lowest BCUT2D eigenvalue weighted by Gasteiger charge is -2.39. The van der Waals surface area contributed by atoms with E-state index in [0.717, 1.165) is 32.2 Å². The summed E-state index contributed by atoms with van der Waals surface area (Å²) in [5.41, 5.74) is 0.125. The van der Waals surface area contributed by atoms with Crippen molar-refractivity contribution in [1.29, 1.82) is 0 Å². The normalized spacial score (nSPS) is 24.5. The van der Waals surface area contributed by atoms with Gasteiger partial charge in [-0.15, -0.1) is 0 Å². The number of piperazine rings is 1. The Morgan fingerprint density at radius 2 is 1.86 bits per heavy atom. The van der Waals surface area contributed by atoms with E-state index in [1.807, 2.05) is 11.8 Å². The molecule has 2 saturated heterocycles. The van der Waals surface area contributed by atoms with Gasteiger partial charge in [0, 0.05) is 43.7 Å². The zero-order valence-electron chi connectivity index (χ0n) is 11.8. The first kappa shape index (κ1) is 15.0. The molecule has 0 aliphatic carbocycles. The molecule has 0 spiro atoms. The second-order valence-corrected chi connectivity index (χ2v) is 6.74. The van der Waals surface area contributed by atoms with Crippen LogP contribution >= 0.6 is 11.8 Å². The predicted molar refractivity (Wildman–Crippen MR) is 81.0 cm³/mol. The van der Waals surface area contributed by atoms with E-state index < -0.39 is 11.7 Å². The molecule has 2 fully saturated rings. The molecule has 21 heavy (non-hydrogen) atoms. The Morgan fingerprint density at radius 3 is 2.48 bits per heavy atom. The molecule has 0 aromatic heterocycles. The molecular formula is C15H19F3N2S. The minimum Gasteiger partial charge on any atom is -0.369 e. The second kappa shape index (κ2) is 6.08. The summed E-state index contributed by atoms with van der Waals surface area (Å²) < 4.78 is 38.3. The minimum atomic E-state index is -4.26. The molecule has 0 bridgehead atoms. The maximum Gasteiger partial charge on any atom is 0.416 e. The SMILES string of the molecule is FC(F)(F)c1cccc(N2CCN([C@H]3CCSC3)CC2)c1. The van der Waals surface area contributed by atoms with Gasteiger partial charge in [0.1, 0.15) is 0 Å². The van der Waals surface area contributed by atoms with Gasteiger partial charge in [0.05, 0.1) is 5.56 Å². The van der Waals surface area contributed by atoms with Crippen LogP contribution in [0.2, 0.25) is 0 Å². The third-order valence-electron chi connectivity index (χ3n) is 4.27. The van der Waals surface area contributed by atoms with E-state index in [2.05, 4.69) is 9.80 Å². The number of thioether (sulfide) groups is 1. The monoisotopic (exact) mass is 316 g/mol. The summed E-state index contributed by atoms with van der Waals surface area (Å²) in [7, 11) is 0. The summed E-state index contributed by atoms with van der Waals surface area (Å²) in [6.07, 6.45) is -3.02. The highest BCUT2D eigenvalue weighted by Crippen LogP contribution is 2.32. The lowest BCUT2D eigenvalue weighted by Crippen LogP contribution is -2.50. The van der Waals surface area contributed by atoms with Crippen LogP contribution in [-0.4, -0.2) is 48.6 Å². The van der Waals surface area contributed by atoms with E-state index >= 15 is 0 Å². The first-order valence-electron chi connectivity index (χ1n) is 7.28. The molecule has 116 valence electrons. The van der Waals surface area contributed by atoms with Gasteiger partial charge in [-0.25, -0.2) is 0 Å². The number of hydrogen-bond donors (Lipinski definition) is 0. The summed E-state index contributed by atoms with van der Waals surface area (Å²) in [5.74, 6) is 2.43. The number of alkyl halides is 3. The van der Waals surface area contributed by atoms with Gasteiger partial charge >= 0.3 is 6.18 Å². The van der Waals surface area contributed by atoms with E-state index in [4.69, 9.17) is 0 Å². The molecule has 2 nitrogen and oxygen atoms in total. The lowest BCUT2D eigenvalue weighted by atomic mass is 10.1. The molecule has 2 aliphatic rings. The van der Waals surface area contributed by atoms with Crippen LogP contribution in [0, 0.1) is 0 Å². The van der Waals surface area contributed by atoms with Crippen molar-refractivity contribution >= 4 is 17.4 Å². The maximum absolute atomic E-state index is 12.8. The highest BCUT2D eigenvalue weighted by atomic mass is 32.2. The number of hydrogen-bond acceptors (Lipinski definition) is 3. The quantitative estimate of drug-likeness (QED) is 0.826. The van der Waals surface area contributed by atoms with Crippen molar-refractivity contribution in [1.82, 2.24) is 4.90 Å². The van der Waals surface area contributed by atoms with E-state index in [0.29, 0.717) is 11.7 Å². The molecule has 0 unspecified atom stereocenters.